The molecule has 0 aliphatic rings. The lowest BCUT2D eigenvalue weighted by Gasteiger charge is -2.20. The maximum absolute atomic E-state index is 11.9. The summed E-state index contributed by atoms with van der Waals surface area (Å²) < 4.78 is 6.39. The van der Waals surface area contributed by atoms with Crippen molar-refractivity contribution < 1.29 is 9.53 Å². The number of carbonyl (C=O) groups is 1. The van der Waals surface area contributed by atoms with Gasteiger partial charge in [-0.25, -0.2) is 5.43 Å². The molecule has 0 aliphatic heterocycles. The van der Waals surface area contributed by atoms with E-state index in [2.05, 4.69) is 47.2 Å². The molecule has 0 saturated carbocycles. The van der Waals surface area contributed by atoms with Gasteiger partial charge in [0.05, 0.1) is 10.7 Å². The quantitative estimate of drug-likeness (QED) is 0.587. The Morgan fingerprint density at radius 2 is 1.96 bits per heavy atom. The second-order valence-corrected chi connectivity index (χ2v) is 7.69. The molecule has 0 heterocycles. The summed E-state index contributed by atoms with van der Waals surface area (Å²) in [7, 11) is 0. The Morgan fingerprint density at radius 1 is 1.24 bits per heavy atom. The first-order valence-corrected chi connectivity index (χ1v) is 8.87. The molecule has 4 nitrogen and oxygen atoms in total. The second kappa shape index (κ2) is 8.30. The minimum Gasteiger partial charge on any atom is -0.483 e. The summed E-state index contributed by atoms with van der Waals surface area (Å²) in [6.07, 6.45) is 1.63. The van der Waals surface area contributed by atoms with Crippen molar-refractivity contribution in [2.75, 3.05) is 6.61 Å². The smallest absolute Gasteiger partial charge is 0.277 e. The lowest BCUT2D eigenvalue weighted by molar-refractivity contribution is -0.123. The minimum absolute atomic E-state index is 0.0582. The van der Waals surface area contributed by atoms with Gasteiger partial charge in [-0.2, -0.15) is 5.10 Å². The Labute approximate surface area is 157 Å². The fourth-order valence-corrected chi connectivity index (χ4v) is 2.66. The molecule has 1 N–H and O–H groups in total. The molecule has 1 amide bonds. The van der Waals surface area contributed by atoms with Crippen LogP contribution in [-0.2, 0) is 10.2 Å². The molecule has 0 radical (unpaired) electrons. The van der Waals surface area contributed by atoms with E-state index in [1.807, 2.05) is 49.4 Å². The highest BCUT2D eigenvalue weighted by molar-refractivity contribution is 9.10. The highest BCUT2D eigenvalue weighted by Crippen LogP contribution is 2.31. The molecule has 0 atom stereocenters. The van der Waals surface area contributed by atoms with Crippen molar-refractivity contribution in [3.63, 3.8) is 0 Å². The number of carbonyl (C=O) groups excluding carboxylic acids is 1. The van der Waals surface area contributed by atoms with Gasteiger partial charge < -0.3 is 4.74 Å². The normalized spacial score (nSPS) is 11.6. The SMILES string of the molecule is Cc1ccccc1/C=N/NC(=O)COc1ccc(C(C)(C)C)cc1Br. The Kier molecular flexibility index (Phi) is 6.37. The van der Waals surface area contributed by atoms with E-state index in [1.54, 1.807) is 6.21 Å². The zero-order chi connectivity index (χ0) is 18.4. The minimum atomic E-state index is -0.309. The van der Waals surface area contributed by atoms with Crippen molar-refractivity contribution in [1.82, 2.24) is 5.43 Å². The molecule has 5 heteroatoms. The van der Waals surface area contributed by atoms with Crippen molar-refractivity contribution in [2.45, 2.75) is 33.1 Å². The molecule has 0 bridgehead atoms. The lowest BCUT2D eigenvalue weighted by atomic mass is 9.87. The standard InChI is InChI=1S/C20H23BrN2O2/c1-14-7-5-6-8-15(14)12-22-23-19(24)13-25-18-10-9-16(11-17(18)21)20(2,3)4/h5-12H,13H2,1-4H3,(H,23,24)/b22-12+. The van der Waals surface area contributed by atoms with E-state index in [0.29, 0.717) is 5.75 Å². The van der Waals surface area contributed by atoms with E-state index in [4.69, 9.17) is 4.74 Å². The van der Waals surface area contributed by atoms with Crippen LogP contribution in [0.2, 0.25) is 0 Å². The van der Waals surface area contributed by atoms with E-state index in [0.717, 1.165) is 15.6 Å². The number of nitrogens with zero attached hydrogens (tertiary/aromatic N) is 1. The van der Waals surface area contributed by atoms with Gasteiger partial charge in [0.15, 0.2) is 6.61 Å². The van der Waals surface area contributed by atoms with E-state index < -0.39 is 0 Å². The monoisotopic (exact) mass is 402 g/mol. The van der Waals surface area contributed by atoms with Gasteiger partial charge in [0, 0.05) is 0 Å². The Morgan fingerprint density at radius 3 is 2.60 bits per heavy atom. The van der Waals surface area contributed by atoms with Crippen molar-refractivity contribution in [3.05, 3.63) is 63.6 Å². The third-order valence-electron chi connectivity index (χ3n) is 3.74. The first-order valence-electron chi connectivity index (χ1n) is 8.08. The maximum Gasteiger partial charge on any atom is 0.277 e. The van der Waals surface area contributed by atoms with Crippen LogP contribution in [0.5, 0.6) is 5.75 Å². The topological polar surface area (TPSA) is 50.7 Å². The van der Waals surface area contributed by atoms with Crippen LogP contribution in [0.3, 0.4) is 0 Å². The number of ether oxygens (including phenoxy) is 1. The van der Waals surface area contributed by atoms with Crippen molar-refractivity contribution in [1.29, 1.82) is 0 Å². The highest BCUT2D eigenvalue weighted by atomic mass is 79.9. The van der Waals surface area contributed by atoms with Crippen LogP contribution in [0.25, 0.3) is 0 Å². The number of hydrazone groups is 1. The maximum atomic E-state index is 11.9. The van der Waals surface area contributed by atoms with Crippen LogP contribution in [0.4, 0.5) is 0 Å². The molecular weight excluding hydrogens is 380 g/mol. The van der Waals surface area contributed by atoms with E-state index in [1.165, 1.54) is 5.56 Å². The molecule has 0 spiro atoms. The number of nitrogens with one attached hydrogen (secondary N) is 1. The van der Waals surface area contributed by atoms with Crippen LogP contribution in [0, 0.1) is 6.92 Å². The number of benzene rings is 2. The van der Waals surface area contributed by atoms with Crippen LogP contribution in [0.1, 0.15) is 37.5 Å². The fraction of sp³-hybridized carbons (Fsp3) is 0.300. The number of hydrogen-bond acceptors (Lipinski definition) is 3. The molecule has 25 heavy (non-hydrogen) atoms. The molecule has 2 aromatic rings. The van der Waals surface area contributed by atoms with Gasteiger partial charge in [-0.15, -0.1) is 0 Å². The Balaban J connectivity index is 1.89. The lowest BCUT2D eigenvalue weighted by Crippen LogP contribution is -2.24. The summed E-state index contributed by atoms with van der Waals surface area (Å²) in [6, 6.07) is 13.7. The van der Waals surface area contributed by atoms with Crippen molar-refractivity contribution in [3.8, 4) is 5.75 Å². The zero-order valence-electron chi connectivity index (χ0n) is 15.0. The molecule has 0 fully saturated rings. The zero-order valence-corrected chi connectivity index (χ0v) is 16.6. The molecule has 2 rings (SSSR count). The Bertz CT molecular complexity index is 780. The first kappa shape index (κ1) is 19.2. The van der Waals surface area contributed by atoms with Gasteiger partial charge in [0.25, 0.3) is 5.91 Å². The van der Waals surface area contributed by atoms with Crippen molar-refractivity contribution in [2.24, 2.45) is 5.10 Å². The third kappa shape index (κ3) is 5.71. The van der Waals surface area contributed by atoms with Gasteiger partial charge in [0.1, 0.15) is 5.75 Å². The molecule has 0 unspecified atom stereocenters. The molecule has 0 aromatic heterocycles. The van der Waals surface area contributed by atoms with Gasteiger partial charge in [0.2, 0.25) is 0 Å². The number of rotatable bonds is 5. The van der Waals surface area contributed by atoms with Crippen LogP contribution in [0.15, 0.2) is 52.0 Å². The van der Waals surface area contributed by atoms with Gasteiger partial charge >= 0.3 is 0 Å². The van der Waals surface area contributed by atoms with Crippen molar-refractivity contribution >= 4 is 28.1 Å². The third-order valence-corrected chi connectivity index (χ3v) is 4.36. The summed E-state index contributed by atoms with van der Waals surface area (Å²) in [5.74, 6) is 0.322. The van der Waals surface area contributed by atoms with Gasteiger partial charge in [-0.05, 0) is 57.1 Å². The number of aryl methyl sites for hydroxylation is 1. The van der Waals surface area contributed by atoms with E-state index >= 15 is 0 Å². The summed E-state index contributed by atoms with van der Waals surface area (Å²) in [4.78, 5) is 11.9. The average Bonchev–Trinajstić information content (AvgIpc) is 2.54. The first-order chi connectivity index (χ1) is 11.8. The predicted octanol–water partition coefficient (Wildman–Crippen LogP) is 4.58. The van der Waals surface area contributed by atoms with Crippen LogP contribution >= 0.6 is 15.9 Å². The fourth-order valence-electron chi connectivity index (χ4n) is 2.17. The Hall–Kier alpha value is -2.14. The van der Waals surface area contributed by atoms with Crippen LogP contribution < -0.4 is 10.2 Å². The predicted molar refractivity (Wildman–Crippen MR) is 105 cm³/mol. The summed E-state index contributed by atoms with van der Waals surface area (Å²) in [5.41, 5.74) is 5.78. The average molecular weight is 403 g/mol. The largest absolute Gasteiger partial charge is 0.483 e. The molecular formula is C20H23BrN2O2. The van der Waals surface area contributed by atoms with Crippen LogP contribution in [-0.4, -0.2) is 18.7 Å². The molecule has 132 valence electrons. The summed E-state index contributed by atoms with van der Waals surface area (Å²) >= 11 is 3.49. The second-order valence-electron chi connectivity index (χ2n) is 6.83. The molecule has 0 saturated heterocycles. The highest BCUT2D eigenvalue weighted by Gasteiger charge is 2.15. The van der Waals surface area contributed by atoms with Gasteiger partial charge in [-0.1, -0.05) is 51.1 Å². The molecule has 0 aliphatic carbocycles. The van der Waals surface area contributed by atoms with Gasteiger partial charge in [-0.3, -0.25) is 4.79 Å². The van der Waals surface area contributed by atoms with E-state index in [9.17, 15) is 4.79 Å². The molecule has 2 aromatic carbocycles. The number of halogens is 1. The number of amides is 1. The summed E-state index contributed by atoms with van der Waals surface area (Å²) in [6.45, 7) is 8.34. The van der Waals surface area contributed by atoms with E-state index in [-0.39, 0.29) is 17.9 Å². The number of hydrogen-bond donors (Lipinski definition) is 1. The summed E-state index contributed by atoms with van der Waals surface area (Å²) in [5, 5.41) is 3.97.